The van der Waals surface area contributed by atoms with Gasteiger partial charge in [0, 0.05) is 21.7 Å². The highest BCUT2D eigenvalue weighted by Crippen LogP contribution is 2.38. The van der Waals surface area contributed by atoms with Crippen LogP contribution >= 0.6 is 11.8 Å². The zero-order valence-corrected chi connectivity index (χ0v) is 17.3. The number of carbonyl (C=O) groups excluding carboxylic acids is 1. The van der Waals surface area contributed by atoms with E-state index in [1.165, 1.54) is 37.7 Å². The molecule has 0 radical (unpaired) electrons. The number of nitrogens with one attached hydrogen (secondary N) is 1. The number of carbonyl (C=O) groups is 1. The molecule has 0 bridgehead atoms. The smallest absolute Gasteiger partial charge is 0.256 e. The van der Waals surface area contributed by atoms with E-state index in [4.69, 9.17) is 0 Å². The van der Waals surface area contributed by atoms with Crippen molar-refractivity contribution in [3.63, 3.8) is 0 Å². The Balaban J connectivity index is 1.66. The second-order valence-corrected chi connectivity index (χ2v) is 8.98. The van der Waals surface area contributed by atoms with E-state index in [0.29, 0.717) is 5.25 Å². The van der Waals surface area contributed by atoms with Crippen molar-refractivity contribution in [2.45, 2.75) is 56.1 Å². The normalized spacial score (nSPS) is 14.9. The van der Waals surface area contributed by atoms with Crippen LogP contribution in [-0.4, -0.2) is 16.1 Å². The summed E-state index contributed by atoms with van der Waals surface area (Å²) >= 11 is 1.89. The van der Waals surface area contributed by atoms with Crippen molar-refractivity contribution >= 4 is 34.3 Å². The van der Waals surface area contributed by atoms with Crippen LogP contribution in [0.15, 0.2) is 53.6 Å². The zero-order chi connectivity index (χ0) is 19.5. The van der Waals surface area contributed by atoms with Crippen LogP contribution in [-0.2, 0) is 0 Å². The summed E-state index contributed by atoms with van der Waals surface area (Å²) < 4.78 is 0. The van der Waals surface area contributed by atoms with E-state index in [2.05, 4.69) is 30.2 Å². The van der Waals surface area contributed by atoms with Gasteiger partial charge in [-0.25, -0.2) is 0 Å². The summed E-state index contributed by atoms with van der Waals surface area (Å²) in [5.41, 5.74) is 4.67. The second-order valence-electron chi connectivity index (χ2n) is 7.67. The Hall–Kier alpha value is -2.33. The number of pyridine rings is 1. The summed E-state index contributed by atoms with van der Waals surface area (Å²) in [5, 5.41) is 4.76. The maximum absolute atomic E-state index is 13.3. The van der Waals surface area contributed by atoms with Gasteiger partial charge in [0.2, 0.25) is 0 Å². The lowest BCUT2D eigenvalue weighted by Gasteiger charge is -2.23. The number of amides is 1. The summed E-state index contributed by atoms with van der Waals surface area (Å²) in [6.45, 7) is 4.17. The minimum absolute atomic E-state index is 0.0525. The molecule has 0 saturated heterocycles. The van der Waals surface area contributed by atoms with Crippen molar-refractivity contribution < 1.29 is 4.79 Å². The molecule has 1 amide bonds. The zero-order valence-electron chi connectivity index (χ0n) is 16.5. The average Bonchev–Trinajstić information content (AvgIpc) is 2.71. The Morgan fingerprint density at radius 3 is 2.68 bits per heavy atom. The number of hydrogen-bond acceptors (Lipinski definition) is 3. The molecule has 1 fully saturated rings. The molecule has 1 aliphatic rings. The van der Waals surface area contributed by atoms with Gasteiger partial charge in [0.1, 0.15) is 0 Å². The highest BCUT2D eigenvalue weighted by molar-refractivity contribution is 8.00. The molecule has 4 rings (SSSR count). The molecule has 0 atom stereocenters. The quantitative estimate of drug-likeness (QED) is 0.551. The van der Waals surface area contributed by atoms with Crippen LogP contribution in [0.3, 0.4) is 0 Å². The number of anilines is 1. The Morgan fingerprint density at radius 1 is 1.07 bits per heavy atom. The summed E-state index contributed by atoms with van der Waals surface area (Å²) in [5.74, 6) is -0.0525. The molecule has 0 spiro atoms. The number of para-hydroxylation sites is 1. The number of benzene rings is 2. The number of fused-ring (bicyclic) bond motifs is 1. The molecule has 3 aromatic rings. The minimum Gasteiger partial charge on any atom is -0.320 e. The number of hydrogen-bond donors (Lipinski definition) is 1. The average molecular weight is 391 g/mol. The van der Waals surface area contributed by atoms with Crippen molar-refractivity contribution in [3.05, 3.63) is 65.4 Å². The predicted octanol–water partition coefficient (Wildman–Crippen LogP) is 6.53. The molecule has 1 aliphatic carbocycles. The molecule has 1 N–H and O–H groups in total. The topological polar surface area (TPSA) is 42.0 Å². The van der Waals surface area contributed by atoms with Gasteiger partial charge in [-0.3, -0.25) is 9.78 Å². The number of nitrogens with zero attached hydrogens (tertiary/aromatic N) is 1. The van der Waals surface area contributed by atoms with E-state index in [0.717, 1.165) is 32.6 Å². The van der Waals surface area contributed by atoms with Crippen LogP contribution in [0.5, 0.6) is 0 Å². The third-order valence-electron chi connectivity index (χ3n) is 5.38. The monoisotopic (exact) mass is 390 g/mol. The van der Waals surface area contributed by atoms with Crippen molar-refractivity contribution in [1.29, 1.82) is 0 Å². The molecule has 1 aromatic heterocycles. The van der Waals surface area contributed by atoms with Gasteiger partial charge in [0.05, 0.1) is 16.8 Å². The standard InChI is InChI=1S/C24H26N2OS/c1-16-14-17(2)23(28-19-10-4-3-5-11-19)20(15-16)24(27)26-21-12-6-8-18-9-7-13-25-22(18)21/h6-9,12-15,19H,3-5,10-11H2,1-2H3,(H,26,27). The van der Waals surface area contributed by atoms with Crippen LogP contribution in [0.25, 0.3) is 10.9 Å². The highest BCUT2D eigenvalue weighted by atomic mass is 32.2. The maximum atomic E-state index is 13.3. The molecule has 1 heterocycles. The third-order valence-corrected chi connectivity index (χ3v) is 6.96. The first-order valence-corrected chi connectivity index (χ1v) is 10.9. The van der Waals surface area contributed by atoms with E-state index in [-0.39, 0.29) is 5.91 Å². The molecule has 3 nitrogen and oxygen atoms in total. The van der Waals surface area contributed by atoms with Gasteiger partial charge < -0.3 is 5.32 Å². The first kappa shape index (κ1) is 19.0. The van der Waals surface area contributed by atoms with E-state index in [9.17, 15) is 4.79 Å². The highest BCUT2D eigenvalue weighted by Gasteiger charge is 2.21. The molecule has 144 valence electrons. The molecule has 1 saturated carbocycles. The van der Waals surface area contributed by atoms with Crippen LogP contribution in [0.1, 0.15) is 53.6 Å². The maximum Gasteiger partial charge on any atom is 0.256 e. The third kappa shape index (κ3) is 4.07. The summed E-state index contributed by atoms with van der Waals surface area (Å²) in [6.07, 6.45) is 8.18. The largest absolute Gasteiger partial charge is 0.320 e. The van der Waals surface area contributed by atoms with Gasteiger partial charge in [-0.1, -0.05) is 43.5 Å². The molecule has 0 unspecified atom stereocenters. The lowest BCUT2D eigenvalue weighted by Crippen LogP contribution is -2.16. The second kappa shape index (κ2) is 8.36. The van der Waals surface area contributed by atoms with Gasteiger partial charge in [-0.2, -0.15) is 0 Å². The van der Waals surface area contributed by atoms with E-state index in [1.807, 2.05) is 48.2 Å². The first-order chi connectivity index (χ1) is 13.6. The molecule has 2 aromatic carbocycles. The predicted molar refractivity (Wildman–Crippen MR) is 118 cm³/mol. The van der Waals surface area contributed by atoms with Crippen molar-refractivity contribution in [3.8, 4) is 0 Å². The number of thioether (sulfide) groups is 1. The first-order valence-electron chi connectivity index (χ1n) is 10.0. The van der Waals surface area contributed by atoms with Crippen LogP contribution in [0, 0.1) is 13.8 Å². The molecule has 0 aliphatic heterocycles. The Kier molecular flexibility index (Phi) is 5.67. The fourth-order valence-corrected chi connectivity index (χ4v) is 5.45. The lowest BCUT2D eigenvalue weighted by atomic mass is 10.0. The fraction of sp³-hybridized carbons (Fsp3) is 0.333. The van der Waals surface area contributed by atoms with Crippen molar-refractivity contribution in [2.75, 3.05) is 5.32 Å². The van der Waals surface area contributed by atoms with Gasteiger partial charge >= 0.3 is 0 Å². The van der Waals surface area contributed by atoms with Gasteiger partial charge in [0.15, 0.2) is 0 Å². The SMILES string of the molecule is Cc1cc(C)c(SC2CCCCC2)c(C(=O)Nc2cccc3cccnc23)c1. The fourth-order valence-electron chi connectivity index (χ4n) is 4.02. The number of rotatable bonds is 4. The van der Waals surface area contributed by atoms with Crippen molar-refractivity contribution in [2.24, 2.45) is 0 Å². The number of aromatic nitrogens is 1. The van der Waals surface area contributed by atoms with E-state index < -0.39 is 0 Å². The van der Waals surface area contributed by atoms with E-state index >= 15 is 0 Å². The van der Waals surface area contributed by atoms with Crippen LogP contribution in [0.2, 0.25) is 0 Å². The van der Waals surface area contributed by atoms with E-state index in [1.54, 1.807) is 6.20 Å². The van der Waals surface area contributed by atoms with Crippen molar-refractivity contribution in [1.82, 2.24) is 4.98 Å². The molecular weight excluding hydrogens is 364 g/mol. The summed E-state index contributed by atoms with van der Waals surface area (Å²) in [7, 11) is 0. The summed E-state index contributed by atoms with van der Waals surface area (Å²) in [4.78, 5) is 18.9. The van der Waals surface area contributed by atoms with Gasteiger partial charge in [-0.05, 0) is 56.0 Å². The minimum atomic E-state index is -0.0525. The Bertz CT molecular complexity index is 1000. The molecular formula is C24H26N2OS. The van der Waals surface area contributed by atoms with Crippen LogP contribution < -0.4 is 5.32 Å². The van der Waals surface area contributed by atoms with Gasteiger partial charge in [-0.15, -0.1) is 11.8 Å². The Morgan fingerprint density at radius 2 is 1.86 bits per heavy atom. The van der Waals surface area contributed by atoms with Gasteiger partial charge in [0.25, 0.3) is 5.91 Å². The summed E-state index contributed by atoms with van der Waals surface area (Å²) in [6, 6.07) is 14.0. The molecule has 4 heteroatoms. The number of aryl methyl sites for hydroxylation is 2. The van der Waals surface area contributed by atoms with Crippen LogP contribution in [0.4, 0.5) is 5.69 Å². The lowest BCUT2D eigenvalue weighted by molar-refractivity contribution is 0.102. The Labute approximate surface area is 171 Å². The molecule has 28 heavy (non-hydrogen) atoms.